The highest BCUT2D eigenvalue weighted by atomic mass is 16.6. The van der Waals surface area contributed by atoms with Crippen LogP contribution in [0.3, 0.4) is 0 Å². The van der Waals surface area contributed by atoms with E-state index >= 15 is 0 Å². The molecule has 62 heavy (non-hydrogen) atoms. The first kappa shape index (κ1) is 59.6. The zero-order valence-corrected chi connectivity index (χ0v) is 41.4. The highest BCUT2D eigenvalue weighted by Gasteiger charge is 2.19. The van der Waals surface area contributed by atoms with Gasteiger partial charge in [0.05, 0.1) is 0 Å². The third-order valence-corrected chi connectivity index (χ3v) is 11.9. The van der Waals surface area contributed by atoms with Crippen molar-refractivity contribution in [3.05, 3.63) is 36.5 Å². The van der Waals surface area contributed by atoms with Crippen molar-refractivity contribution >= 4 is 17.9 Å². The fraction of sp³-hybridized carbons (Fsp3) is 0.839. The van der Waals surface area contributed by atoms with Gasteiger partial charge in [0, 0.05) is 19.3 Å². The van der Waals surface area contributed by atoms with E-state index < -0.39 is 6.10 Å². The van der Waals surface area contributed by atoms with Gasteiger partial charge < -0.3 is 14.2 Å². The van der Waals surface area contributed by atoms with Gasteiger partial charge in [-0.25, -0.2) is 0 Å². The van der Waals surface area contributed by atoms with E-state index in [9.17, 15) is 14.4 Å². The van der Waals surface area contributed by atoms with Gasteiger partial charge >= 0.3 is 17.9 Å². The molecule has 0 fully saturated rings. The first-order valence-electron chi connectivity index (χ1n) is 27.0. The Hall–Kier alpha value is -2.37. The van der Waals surface area contributed by atoms with Crippen LogP contribution in [-0.4, -0.2) is 37.2 Å². The molecule has 0 rings (SSSR count). The molecule has 1 atom stereocenters. The van der Waals surface area contributed by atoms with E-state index in [-0.39, 0.29) is 31.1 Å². The molecule has 6 nitrogen and oxygen atoms in total. The van der Waals surface area contributed by atoms with Gasteiger partial charge in [-0.15, -0.1) is 0 Å². The zero-order valence-electron chi connectivity index (χ0n) is 41.4. The maximum Gasteiger partial charge on any atom is 0.306 e. The molecule has 0 saturated carbocycles. The van der Waals surface area contributed by atoms with Crippen LogP contribution in [0.2, 0.25) is 0 Å². The van der Waals surface area contributed by atoms with Gasteiger partial charge in [-0.3, -0.25) is 14.4 Å². The van der Waals surface area contributed by atoms with Crippen LogP contribution in [0.4, 0.5) is 0 Å². The highest BCUT2D eigenvalue weighted by molar-refractivity contribution is 5.71. The van der Waals surface area contributed by atoms with E-state index in [1.54, 1.807) is 0 Å². The number of carbonyl (C=O) groups is 3. The number of allylic oxidation sites excluding steroid dienone is 6. The second-order valence-corrected chi connectivity index (χ2v) is 18.2. The maximum atomic E-state index is 12.8. The van der Waals surface area contributed by atoms with E-state index in [1.807, 2.05) is 0 Å². The van der Waals surface area contributed by atoms with Crippen molar-refractivity contribution in [1.29, 1.82) is 0 Å². The first-order chi connectivity index (χ1) is 30.5. The SMILES string of the molecule is CCCCC/C=C/C/C=C/C/C=C/CCCCCCC(=O)OC[C@@H](COC(=O)CCCCCCCCCCCCCCC)OC(=O)CCCCCCCCCCCCCCCC. The predicted molar refractivity (Wildman–Crippen MR) is 266 cm³/mol. The van der Waals surface area contributed by atoms with E-state index in [0.717, 1.165) is 83.5 Å². The summed E-state index contributed by atoms with van der Waals surface area (Å²) in [5, 5.41) is 0. The summed E-state index contributed by atoms with van der Waals surface area (Å²) in [6.07, 6.45) is 59.8. The molecule has 0 heterocycles. The number of ether oxygens (including phenoxy) is 3. The van der Waals surface area contributed by atoms with Gasteiger partial charge in [-0.2, -0.15) is 0 Å². The lowest BCUT2D eigenvalue weighted by molar-refractivity contribution is -0.167. The third-order valence-electron chi connectivity index (χ3n) is 11.9. The molecule has 0 radical (unpaired) electrons. The van der Waals surface area contributed by atoms with Gasteiger partial charge in [-0.05, 0) is 57.8 Å². The van der Waals surface area contributed by atoms with Crippen LogP contribution in [0.1, 0.15) is 284 Å². The van der Waals surface area contributed by atoms with Crippen LogP contribution in [0.25, 0.3) is 0 Å². The van der Waals surface area contributed by atoms with Crippen molar-refractivity contribution < 1.29 is 28.6 Å². The summed E-state index contributed by atoms with van der Waals surface area (Å²) in [4.78, 5) is 38.0. The Labute approximate surface area is 385 Å². The summed E-state index contributed by atoms with van der Waals surface area (Å²) in [6, 6.07) is 0. The number of rotatable bonds is 49. The largest absolute Gasteiger partial charge is 0.462 e. The molecule has 0 amide bonds. The molecule has 6 heteroatoms. The second-order valence-electron chi connectivity index (χ2n) is 18.2. The quantitative estimate of drug-likeness (QED) is 0.0262. The average Bonchev–Trinajstić information content (AvgIpc) is 3.27. The summed E-state index contributed by atoms with van der Waals surface area (Å²) >= 11 is 0. The van der Waals surface area contributed by atoms with E-state index in [0.29, 0.717) is 19.3 Å². The third kappa shape index (κ3) is 48.7. The summed E-state index contributed by atoms with van der Waals surface area (Å²) in [7, 11) is 0. The molecule has 0 aliphatic rings. The molecule has 0 N–H and O–H groups in total. The fourth-order valence-corrected chi connectivity index (χ4v) is 7.80. The van der Waals surface area contributed by atoms with E-state index in [4.69, 9.17) is 14.2 Å². The lowest BCUT2D eigenvalue weighted by Gasteiger charge is -2.18. The molecule has 0 spiro atoms. The van der Waals surface area contributed by atoms with Crippen molar-refractivity contribution in [2.45, 2.75) is 290 Å². The number of unbranched alkanes of at least 4 members (excludes halogenated alkanes) is 32. The van der Waals surface area contributed by atoms with Crippen molar-refractivity contribution in [1.82, 2.24) is 0 Å². The number of esters is 3. The maximum absolute atomic E-state index is 12.8. The number of hydrogen-bond acceptors (Lipinski definition) is 6. The Kier molecular flexibility index (Phi) is 49.3. The molecule has 0 unspecified atom stereocenters. The van der Waals surface area contributed by atoms with Gasteiger partial charge in [0.1, 0.15) is 13.2 Å². The van der Waals surface area contributed by atoms with Gasteiger partial charge in [0.15, 0.2) is 6.10 Å². The minimum atomic E-state index is -0.776. The smallest absolute Gasteiger partial charge is 0.306 e. The molecule has 0 aromatic heterocycles. The predicted octanol–water partition coefficient (Wildman–Crippen LogP) is 17.7. The molecule has 0 saturated heterocycles. The van der Waals surface area contributed by atoms with E-state index in [1.165, 1.54) is 161 Å². The van der Waals surface area contributed by atoms with Crippen LogP contribution < -0.4 is 0 Å². The van der Waals surface area contributed by atoms with Crippen LogP contribution >= 0.6 is 0 Å². The first-order valence-corrected chi connectivity index (χ1v) is 27.0. The van der Waals surface area contributed by atoms with Crippen molar-refractivity contribution in [3.63, 3.8) is 0 Å². The van der Waals surface area contributed by atoms with Gasteiger partial charge in [0.25, 0.3) is 0 Å². The lowest BCUT2D eigenvalue weighted by atomic mass is 10.0. The van der Waals surface area contributed by atoms with Crippen LogP contribution in [0.5, 0.6) is 0 Å². The van der Waals surface area contributed by atoms with Crippen LogP contribution in [0.15, 0.2) is 36.5 Å². The number of carbonyl (C=O) groups excluding carboxylic acids is 3. The molecular formula is C56H102O6. The lowest BCUT2D eigenvalue weighted by Crippen LogP contribution is -2.30. The second kappa shape index (κ2) is 51.3. The minimum absolute atomic E-state index is 0.0749. The molecule has 0 bridgehead atoms. The Morgan fingerprint density at radius 2 is 0.581 bits per heavy atom. The summed E-state index contributed by atoms with van der Waals surface area (Å²) in [5.74, 6) is -0.883. The van der Waals surface area contributed by atoms with Crippen LogP contribution in [-0.2, 0) is 28.6 Å². The molecule has 0 aromatic carbocycles. The molecule has 362 valence electrons. The van der Waals surface area contributed by atoms with Crippen molar-refractivity contribution in [2.75, 3.05) is 13.2 Å². The molecule has 0 aliphatic carbocycles. The Bertz CT molecular complexity index is 1050. The number of hydrogen-bond donors (Lipinski definition) is 0. The Morgan fingerprint density at radius 3 is 0.935 bits per heavy atom. The van der Waals surface area contributed by atoms with Crippen molar-refractivity contribution in [2.24, 2.45) is 0 Å². The monoisotopic (exact) mass is 871 g/mol. The molecule has 0 aliphatic heterocycles. The van der Waals surface area contributed by atoms with Gasteiger partial charge in [0.2, 0.25) is 0 Å². The Balaban J connectivity index is 4.38. The normalized spacial score (nSPS) is 12.2. The Morgan fingerprint density at radius 1 is 0.323 bits per heavy atom. The summed E-state index contributed by atoms with van der Waals surface area (Å²) < 4.78 is 16.8. The van der Waals surface area contributed by atoms with E-state index in [2.05, 4.69) is 57.2 Å². The highest BCUT2D eigenvalue weighted by Crippen LogP contribution is 2.16. The fourth-order valence-electron chi connectivity index (χ4n) is 7.80. The standard InChI is InChI=1S/C56H102O6/c1-4-7-10-13-16-19-22-25-27-28-29-32-34-37-40-43-46-49-55(58)61-52-53(51-60-54(57)48-45-42-39-36-33-30-24-21-18-15-12-9-6-3)62-56(59)50-47-44-41-38-35-31-26-23-20-17-14-11-8-5-2/h16,19,25,27,29,32,53H,4-15,17-18,20-24,26,28,30-31,33-52H2,1-3H3/b19-16+,27-25+,32-29+/t53-/m1/s1. The topological polar surface area (TPSA) is 78.9 Å². The van der Waals surface area contributed by atoms with Gasteiger partial charge in [-0.1, -0.05) is 243 Å². The van der Waals surface area contributed by atoms with Crippen LogP contribution in [0, 0.1) is 0 Å². The average molecular weight is 871 g/mol. The summed E-state index contributed by atoms with van der Waals surface area (Å²) in [6.45, 7) is 6.62. The van der Waals surface area contributed by atoms with Crippen molar-refractivity contribution in [3.8, 4) is 0 Å². The zero-order chi connectivity index (χ0) is 45.1. The molecular weight excluding hydrogens is 769 g/mol. The summed E-state index contributed by atoms with van der Waals surface area (Å²) in [5.41, 5.74) is 0. The minimum Gasteiger partial charge on any atom is -0.462 e. The molecule has 0 aromatic rings.